The molecule has 0 radical (unpaired) electrons. The maximum atomic E-state index is 10.7. The third-order valence-corrected chi connectivity index (χ3v) is 2.09. The number of nitrogen functional groups attached to an aromatic ring is 1. The maximum Gasteiger partial charge on any atom is 0.274 e. The molecule has 0 aliphatic carbocycles. The molecule has 0 spiro atoms. The highest BCUT2D eigenvalue weighted by Gasteiger charge is 2.18. The number of nitrogens with one attached hydrogen (secondary N) is 1. The molecule has 7 nitrogen and oxygen atoms in total. The highest BCUT2D eigenvalue weighted by atomic mass is 16.6. The molecule has 1 rings (SSSR count). The Labute approximate surface area is 97.8 Å². The van der Waals surface area contributed by atoms with Crippen molar-refractivity contribution in [1.82, 2.24) is 0 Å². The second-order valence-corrected chi connectivity index (χ2v) is 3.13. The van der Waals surface area contributed by atoms with Crippen LogP contribution in [0.3, 0.4) is 0 Å². The average Bonchev–Trinajstić information content (AvgIpc) is 2.29. The van der Waals surface area contributed by atoms with Crippen molar-refractivity contribution in [2.45, 2.75) is 6.92 Å². The lowest BCUT2D eigenvalue weighted by atomic mass is 10.1. The van der Waals surface area contributed by atoms with Crippen LogP contribution in [0.1, 0.15) is 12.5 Å². The molecule has 0 atom stereocenters. The molecule has 0 unspecified atom stereocenters. The van der Waals surface area contributed by atoms with Crippen molar-refractivity contribution >= 4 is 17.3 Å². The summed E-state index contributed by atoms with van der Waals surface area (Å²) in [6.07, 6.45) is 0. The van der Waals surface area contributed by atoms with Gasteiger partial charge in [-0.1, -0.05) is 0 Å². The Morgan fingerprint density at radius 2 is 2.24 bits per heavy atom. The number of hydrogen-bond acceptors (Lipinski definition) is 6. The number of hydrogen-bond donors (Lipinski definition) is 2. The van der Waals surface area contributed by atoms with Crippen molar-refractivity contribution in [2.24, 2.45) is 0 Å². The van der Waals surface area contributed by atoms with Crippen LogP contribution in [0.4, 0.5) is 11.4 Å². The second-order valence-electron chi connectivity index (χ2n) is 3.13. The van der Waals surface area contributed by atoms with Gasteiger partial charge in [0.15, 0.2) is 0 Å². The van der Waals surface area contributed by atoms with E-state index in [2.05, 4.69) is 0 Å². The maximum absolute atomic E-state index is 10.7. The SMILES string of the molecule is CCOC(=N)c1cc([N+](=O)[O-])cc(OC)c1N. The Hall–Kier alpha value is -2.31. The van der Waals surface area contributed by atoms with Gasteiger partial charge in [-0.05, 0) is 6.92 Å². The van der Waals surface area contributed by atoms with Crippen LogP contribution in [0.15, 0.2) is 12.1 Å². The van der Waals surface area contributed by atoms with Crippen LogP contribution >= 0.6 is 0 Å². The van der Waals surface area contributed by atoms with Gasteiger partial charge >= 0.3 is 0 Å². The summed E-state index contributed by atoms with van der Waals surface area (Å²) < 4.78 is 9.89. The van der Waals surface area contributed by atoms with Crippen molar-refractivity contribution < 1.29 is 14.4 Å². The van der Waals surface area contributed by atoms with Crippen molar-refractivity contribution in [1.29, 1.82) is 5.41 Å². The molecule has 1 aromatic carbocycles. The van der Waals surface area contributed by atoms with E-state index in [1.165, 1.54) is 19.2 Å². The lowest BCUT2D eigenvalue weighted by molar-refractivity contribution is -0.384. The van der Waals surface area contributed by atoms with E-state index in [9.17, 15) is 10.1 Å². The number of non-ortho nitro benzene ring substituents is 1. The summed E-state index contributed by atoms with van der Waals surface area (Å²) in [4.78, 5) is 10.1. The van der Waals surface area contributed by atoms with Crippen molar-refractivity contribution in [3.8, 4) is 5.75 Å². The number of nitro groups is 1. The highest BCUT2D eigenvalue weighted by molar-refractivity contribution is 5.99. The summed E-state index contributed by atoms with van der Waals surface area (Å²) in [6, 6.07) is 2.40. The first-order chi connectivity index (χ1) is 8.01. The van der Waals surface area contributed by atoms with Crippen LogP contribution in [0, 0.1) is 15.5 Å². The van der Waals surface area contributed by atoms with E-state index in [1.54, 1.807) is 6.92 Å². The summed E-state index contributed by atoms with van der Waals surface area (Å²) in [5, 5.41) is 18.3. The van der Waals surface area contributed by atoms with Gasteiger partial charge in [0.05, 0.1) is 36.0 Å². The van der Waals surface area contributed by atoms with Gasteiger partial charge in [-0.3, -0.25) is 15.5 Å². The topological polar surface area (TPSA) is 111 Å². The predicted molar refractivity (Wildman–Crippen MR) is 62.5 cm³/mol. The van der Waals surface area contributed by atoms with E-state index in [4.69, 9.17) is 20.6 Å². The predicted octanol–water partition coefficient (Wildman–Crippen LogP) is 1.55. The van der Waals surface area contributed by atoms with E-state index in [1.807, 2.05) is 0 Å². The van der Waals surface area contributed by atoms with E-state index in [-0.39, 0.29) is 35.2 Å². The minimum atomic E-state index is -0.579. The largest absolute Gasteiger partial charge is 0.494 e. The molecular weight excluding hydrogens is 226 g/mol. The normalized spacial score (nSPS) is 9.76. The number of methoxy groups -OCH3 is 1. The Balaban J connectivity index is 3.32. The number of nitrogens with two attached hydrogens (primary N) is 1. The Bertz CT molecular complexity index is 459. The number of ether oxygens (including phenoxy) is 2. The zero-order valence-corrected chi connectivity index (χ0v) is 9.52. The fourth-order valence-corrected chi connectivity index (χ4v) is 1.30. The Morgan fingerprint density at radius 3 is 2.71 bits per heavy atom. The number of nitro benzene ring substituents is 1. The summed E-state index contributed by atoms with van der Waals surface area (Å²) in [5.74, 6) is -0.0642. The molecule has 7 heteroatoms. The van der Waals surface area contributed by atoms with Gasteiger partial charge in [-0.2, -0.15) is 0 Å². The van der Waals surface area contributed by atoms with Gasteiger partial charge in [0.25, 0.3) is 5.69 Å². The molecule has 0 aliphatic heterocycles. The molecule has 0 amide bonds. The monoisotopic (exact) mass is 239 g/mol. The molecule has 0 saturated heterocycles. The molecule has 92 valence electrons. The number of anilines is 1. The van der Waals surface area contributed by atoms with Crippen LogP contribution in [0.25, 0.3) is 0 Å². The fraction of sp³-hybridized carbons (Fsp3) is 0.300. The molecular formula is C10H13N3O4. The Morgan fingerprint density at radius 1 is 1.59 bits per heavy atom. The summed E-state index contributed by atoms with van der Waals surface area (Å²) in [6.45, 7) is 1.99. The molecule has 1 aromatic rings. The van der Waals surface area contributed by atoms with Crippen molar-refractivity contribution in [3.63, 3.8) is 0 Å². The zero-order valence-electron chi connectivity index (χ0n) is 9.52. The molecule has 3 N–H and O–H groups in total. The molecule has 17 heavy (non-hydrogen) atoms. The molecule has 0 aromatic heterocycles. The minimum Gasteiger partial charge on any atom is -0.494 e. The van der Waals surface area contributed by atoms with Crippen LogP contribution in [0.5, 0.6) is 5.75 Å². The van der Waals surface area contributed by atoms with Crippen molar-refractivity contribution in [3.05, 3.63) is 27.8 Å². The van der Waals surface area contributed by atoms with Gasteiger partial charge in [0.2, 0.25) is 5.90 Å². The first-order valence-corrected chi connectivity index (χ1v) is 4.84. The summed E-state index contributed by atoms with van der Waals surface area (Å²) >= 11 is 0. The van der Waals surface area contributed by atoms with Crippen LogP contribution in [-0.4, -0.2) is 24.5 Å². The van der Waals surface area contributed by atoms with Gasteiger partial charge in [0, 0.05) is 6.07 Å². The van der Waals surface area contributed by atoms with Gasteiger partial charge in [-0.15, -0.1) is 0 Å². The van der Waals surface area contributed by atoms with Gasteiger partial charge in [-0.25, -0.2) is 0 Å². The summed E-state index contributed by atoms with van der Waals surface area (Å²) in [7, 11) is 1.35. The first-order valence-electron chi connectivity index (χ1n) is 4.84. The first kappa shape index (κ1) is 12.8. The third-order valence-electron chi connectivity index (χ3n) is 2.09. The van der Waals surface area contributed by atoms with E-state index in [0.717, 1.165) is 0 Å². The van der Waals surface area contributed by atoms with E-state index >= 15 is 0 Å². The number of benzene rings is 1. The van der Waals surface area contributed by atoms with Gasteiger partial charge < -0.3 is 15.2 Å². The average molecular weight is 239 g/mol. The van der Waals surface area contributed by atoms with Gasteiger partial charge in [0.1, 0.15) is 5.75 Å². The van der Waals surface area contributed by atoms with Crippen LogP contribution < -0.4 is 10.5 Å². The molecule has 0 heterocycles. The molecule has 0 saturated carbocycles. The number of nitrogens with zero attached hydrogens (tertiary/aromatic N) is 1. The lowest BCUT2D eigenvalue weighted by Crippen LogP contribution is -2.10. The molecule has 0 bridgehead atoms. The van der Waals surface area contributed by atoms with Crippen LogP contribution in [0.2, 0.25) is 0 Å². The molecule has 0 fully saturated rings. The summed E-state index contributed by atoms with van der Waals surface area (Å²) in [5.41, 5.74) is 5.83. The number of rotatable bonds is 4. The standard InChI is InChI=1S/C10H13N3O4/c1-3-17-10(12)7-4-6(13(14)15)5-8(16-2)9(7)11/h4-5,12H,3,11H2,1-2H3. The third kappa shape index (κ3) is 2.63. The van der Waals surface area contributed by atoms with E-state index < -0.39 is 4.92 Å². The van der Waals surface area contributed by atoms with E-state index in [0.29, 0.717) is 0 Å². The zero-order chi connectivity index (χ0) is 13.0. The lowest BCUT2D eigenvalue weighted by Gasteiger charge is -2.11. The molecule has 0 aliphatic rings. The quantitative estimate of drug-likeness (QED) is 0.272. The van der Waals surface area contributed by atoms with Crippen molar-refractivity contribution in [2.75, 3.05) is 19.5 Å². The smallest absolute Gasteiger partial charge is 0.274 e. The highest BCUT2D eigenvalue weighted by Crippen LogP contribution is 2.31. The fourth-order valence-electron chi connectivity index (χ4n) is 1.30. The second kappa shape index (κ2) is 5.15. The van der Waals surface area contributed by atoms with Crippen LogP contribution in [-0.2, 0) is 4.74 Å². The minimum absolute atomic E-state index is 0.150. The Kier molecular flexibility index (Phi) is 3.86.